The molecule has 0 aliphatic rings. The quantitative estimate of drug-likeness (QED) is 0.480. The molecule has 3 nitrogen and oxygen atoms in total. The molecule has 3 rings (SSSR count). The highest BCUT2D eigenvalue weighted by Gasteiger charge is 2.16. The normalized spacial score (nSPS) is 10.8. The second kappa shape index (κ2) is 7.40. The van der Waals surface area contributed by atoms with E-state index >= 15 is 0 Å². The summed E-state index contributed by atoms with van der Waals surface area (Å²) in [6, 6.07) is 13.0. The molecule has 0 saturated heterocycles. The Kier molecular flexibility index (Phi) is 5.05. The van der Waals surface area contributed by atoms with Gasteiger partial charge < -0.3 is 0 Å². The van der Waals surface area contributed by atoms with Crippen LogP contribution in [-0.2, 0) is 12.3 Å². The van der Waals surface area contributed by atoms with Crippen LogP contribution in [0, 0.1) is 11.6 Å². The fourth-order valence-corrected chi connectivity index (χ4v) is 3.22. The highest BCUT2D eigenvalue weighted by atomic mass is 32.2. The fraction of sp³-hybridized carbons (Fsp3) is 0.111. The molecule has 0 unspecified atom stereocenters. The van der Waals surface area contributed by atoms with Gasteiger partial charge in [0.2, 0.25) is 0 Å². The lowest BCUT2D eigenvalue weighted by Crippen LogP contribution is -2.02. The third-order valence-electron chi connectivity index (χ3n) is 3.46. The molecule has 0 aliphatic carbocycles. The van der Waals surface area contributed by atoms with Crippen molar-refractivity contribution in [1.29, 1.82) is 0 Å². The molecule has 0 aliphatic heterocycles. The Bertz CT molecular complexity index is 861. The molecule has 0 radical (unpaired) electrons. The number of hydrogen-bond acceptors (Lipinski definition) is 3. The van der Waals surface area contributed by atoms with E-state index in [1.165, 1.54) is 23.9 Å². The van der Waals surface area contributed by atoms with E-state index in [9.17, 15) is 8.78 Å². The number of hydrogen-bond donors (Lipinski definition) is 0. The Labute approximate surface area is 143 Å². The second-order valence-corrected chi connectivity index (χ2v) is 6.01. The lowest BCUT2D eigenvalue weighted by Gasteiger charge is -2.08. The van der Waals surface area contributed by atoms with Crippen molar-refractivity contribution >= 4 is 11.8 Å². The van der Waals surface area contributed by atoms with Gasteiger partial charge in [0.1, 0.15) is 11.6 Å². The van der Waals surface area contributed by atoms with Crippen molar-refractivity contribution in [3.05, 3.63) is 78.4 Å². The molecule has 1 aromatic heterocycles. The Morgan fingerprint density at radius 1 is 1.00 bits per heavy atom. The summed E-state index contributed by atoms with van der Waals surface area (Å²) in [4.78, 5) is 0. The first-order valence-electron chi connectivity index (χ1n) is 7.36. The molecular weight excluding hydrogens is 328 g/mol. The molecule has 1 heterocycles. The molecule has 0 spiro atoms. The van der Waals surface area contributed by atoms with Crippen LogP contribution in [0.5, 0.6) is 0 Å². The van der Waals surface area contributed by atoms with Crippen molar-refractivity contribution in [1.82, 2.24) is 14.8 Å². The van der Waals surface area contributed by atoms with Crippen molar-refractivity contribution in [3.8, 4) is 11.4 Å². The molecule has 0 N–H and O–H groups in total. The summed E-state index contributed by atoms with van der Waals surface area (Å²) in [7, 11) is 0. The second-order valence-electron chi connectivity index (χ2n) is 5.07. The predicted octanol–water partition coefficient (Wildman–Crippen LogP) is 4.70. The van der Waals surface area contributed by atoms with Gasteiger partial charge in [0.15, 0.2) is 11.0 Å². The molecular formula is C18H15F2N3S. The molecule has 0 amide bonds. The summed E-state index contributed by atoms with van der Waals surface area (Å²) in [6.45, 7) is 4.17. The fourth-order valence-electron chi connectivity index (χ4n) is 2.29. The van der Waals surface area contributed by atoms with Gasteiger partial charge in [-0.15, -0.1) is 16.8 Å². The van der Waals surface area contributed by atoms with Gasteiger partial charge in [-0.2, -0.15) is 0 Å². The maximum atomic E-state index is 14.0. The number of aromatic nitrogens is 3. The highest BCUT2D eigenvalue weighted by Crippen LogP contribution is 2.28. The smallest absolute Gasteiger partial charge is 0.192 e. The van der Waals surface area contributed by atoms with Crippen LogP contribution in [0.1, 0.15) is 5.56 Å². The molecule has 122 valence electrons. The summed E-state index contributed by atoms with van der Waals surface area (Å²) in [6.07, 6.45) is 1.70. The third kappa shape index (κ3) is 3.38. The van der Waals surface area contributed by atoms with E-state index in [-0.39, 0.29) is 11.6 Å². The van der Waals surface area contributed by atoms with Gasteiger partial charge >= 0.3 is 0 Å². The van der Waals surface area contributed by atoms with Crippen LogP contribution in [0.4, 0.5) is 8.78 Å². The summed E-state index contributed by atoms with van der Waals surface area (Å²) < 4.78 is 29.6. The van der Waals surface area contributed by atoms with Crippen LogP contribution in [-0.4, -0.2) is 14.8 Å². The van der Waals surface area contributed by atoms with Gasteiger partial charge in [0.25, 0.3) is 0 Å². The molecule has 2 aromatic carbocycles. The lowest BCUT2D eigenvalue weighted by molar-refractivity contribution is 0.617. The zero-order valence-electron chi connectivity index (χ0n) is 12.8. The van der Waals surface area contributed by atoms with Crippen LogP contribution in [0.3, 0.4) is 0 Å². The zero-order valence-corrected chi connectivity index (χ0v) is 13.6. The van der Waals surface area contributed by atoms with Crippen LogP contribution in [0.2, 0.25) is 0 Å². The standard InChI is InChI=1S/C18H15F2N3S/c1-2-11-23-17(14-8-4-6-10-16(14)20)21-22-18(23)24-12-13-7-3-5-9-15(13)19/h2-10H,1,11-12H2. The minimum Gasteiger partial charge on any atom is -0.298 e. The first kappa shape index (κ1) is 16.4. The summed E-state index contributed by atoms with van der Waals surface area (Å²) >= 11 is 1.35. The van der Waals surface area contributed by atoms with Crippen LogP contribution < -0.4 is 0 Å². The van der Waals surface area contributed by atoms with E-state index in [1.54, 1.807) is 47.0 Å². The lowest BCUT2D eigenvalue weighted by atomic mass is 10.2. The minimum atomic E-state index is -0.360. The monoisotopic (exact) mass is 343 g/mol. The van der Waals surface area contributed by atoms with Crippen molar-refractivity contribution in [2.75, 3.05) is 0 Å². The van der Waals surface area contributed by atoms with E-state index in [4.69, 9.17) is 0 Å². The number of allylic oxidation sites excluding steroid dienone is 1. The van der Waals surface area contributed by atoms with E-state index < -0.39 is 0 Å². The summed E-state index contributed by atoms with van der Waals surface area (Å²) in [5, 5.41) is 8.84. The zero-order chi connectivity index (χ0) is 16.9. The Hall–Kier alpha value is -2.47. The van der Waals surface area contributed by atoms with E-state index in [0.717, 1.165) is 0 Å². The van der Waals surface area contributed by atoms with Crippen LogP contribution >= 0.6 is 11.8 Å². The van der Waals surface area contributed by atoms with E-state index in [1.807, 2.05) is 0 Å². The average molecular weight is 343 g/mol. The SMILES string of the molecule is C=CCn1c(SCc2ccccc2F)nnc1-c1ccccc1F. The van der Waals surface area contributed by atoms with E-state index in [0.29, 0.717) is 34.4 Å². The third-order valence-corrected chi connectivity index (χ3v) is 4.47. The number of rotatable bonds is 6. The first-order chi connectivity index (χ1) is 11.7. The molecule has 0 atom stereocenters. The maximum absolute atomic E-state index is 14.0. The maximum Gasteiger partial charge on any atom is 0.192 e. The Morgan fingerprint density at radius 2 is 1.71 bits per heavy atom. The molecule has 24 heavy (non-hydrogen) atoms. The largest absolute Gasteiger partial charge is 0.298 e. The molecule has 6 heteroatoms. The van der Waals surface area contributed by atoms with Gasteiger partial charge in [-0.3, -0.25) is 4.57 Å². The topological polar surface area (TPSA) is 30.7 Å². The number of nitrogens with zero attached hydrogens (tertiary/aromatic N) is 3. The average Bonchev–Trinajstić information content (AvgIpc) is 2.98. The van der Waals surface area contributed by atoms with Gasteiger partial charge in [-0.05, 0) is 23.8 Å². The summed E-state index contributed by atoms with van der Waals surface area (Å²) in [5.74, 6) is 0.234. The summed E-state index contributed by atoms with van der Waals surface area (Å²) in [5.41, 5.74) is 0.965. The number of halogens is 2. The van der Waals surface area contributed by atoms with Gasteiger partial charge in [0.05, 0.1) is 5.56 Å². The Morgan fingerprint density at radius 3 is 2.42 bits per heavy atom. The van der Waals surface area contributed by atoms with Crippen LogP contribution in [0.15, 0.2) is 66.3 Å². The van der Waals surface area contributed by atoms with E-state index in [2.05, 4.69) is 16.8 Å². The molecule has 0 saturated carbocycles. The number of thioether (sulfide) groups is 1. The van der Waals surface area contributed by atoms with Gasteiger partial charge in [0, 0.05) is 12.3 Å². The van der Waals surface area contributed by atoms with Crippen LogP contribution in [0.25, 0.3) is 11.4 Å². The van der Waals surface area contributed by atoms with Crippen molar-refractivity contribution in [2.24, 2.45) is 0 Å². The molecule has 0 fully saturated rings. The van der Waals surface area contributed by atoms with Crippen molar-refractivity contribution in [3.63, 3.8) is 0 Å². The minimum absolute atomic E-state index is 0.255. The Balaban J connectivity index is 1.90. The molecule has 3 aromatic rings. The van der Waals surface area contributed by atoms with Gasteiger partial charge in [-0.25, -0.2) is 8.78 Å². The highest BCUT2D eigenvalue weighted by molar-refractivity contribution is 7.98. The predicted molar refractivity (Wildman–Crippen MR) is 91.6 cm³/mol. The van der Waals surface area contributed by atoms with Gasteiger partial charge in [-0.1, -0.05) is 48.2 Å². The molecule has 0 bridgehead atoms. The number of benzene rings is 2. The van der Waals surface area contributed by atoms with Crippen molar-refractivity contribution < 1.29 is 8.78 Å². The first-order valence-corrected chi connectivity index (χ1v) is 8.34. The van der Waals surface area contributed by atoms with Crippen molar-refractivity contribution in [2.45, 2.75) is 17.5 Å².